The smallest absolute Gasteiger partial charge is 0.261 e. The van der Waals surface area contributed by atoms with Crippen LogP contribution in [-0.2, 0) is 10.2 Å². The Bertz CT molecular complexity index is 711. The van der Waals surface area contributed by atoms with Gasteiger partial charge in [0.2, 0.25) is 0 Å². The van der Waals surface area contributed by atoms with Gasteiger partial charge in [0.25, 0.3) is 5.91 Å². The lowest BCUT2D eigenvalue weighted by molar-refractivity contribution is -0.128. The third kappa shape index (κ3) is 5.35. The summed E-state index contributed by atoms with van der Waals surface area (Å²) < 4.78 is 5.94. The summed E-state index contributed by atoms with van der Waals surface area (Å²) in [6.45, 7) is 12.5. The van der Waals surface area contributed by atoms with E-state index in [9.17, 15) is 4.79 Å². The molecule has 0 aliphatic heterocycles. The van der Waals surface area contributed by atoms with Crippen molar-refractivity contribution in [2.45, 2.75) is 65.5 Å². The Hall–Kier alpha value is -2.29. The highest BCUT2D eigenvalue weighted by Gasteiger charge is 2.21. The number of ether oxygens (including phenoxy) is 1. The summed E-state index contributed by atoms with van der Waals surface area (Å²) in [6, 6.07) is 16.2. The first kappa shape index (κ1) is 20.0. The van der Waals surface area contributed by atoms with Crippen molar-refractivity contribution < 1.29 is 9.53 Å². The summed E-state index contributed by atoms with van der Waals surface area (Å²) >= 11 is 0. The van der Waals surface area contributed by atoms with Gasteiger partial charge in [-0.25, -0.2) is 0 Å². The number of carbonyl (C=O) groups is 1. The highest BCUT2D eigenvalue weighted by molar-refractivity contribution is 5.81. The fourth-order valence-electron chi connectivity index (χ4n) is 2.76. The number of rotatable bonds is 6. The molecule has 0 aliphatic carbocycles. The van der Waals surface area contributed by atoms with Gasteiger partial charge in [-0.15, -0.1) is 0 Å². The van der Waals surface area contributed by atoms with Crippen molar-refractivity contribution in [1.29, 1.82) is 0 Å². The molecule has 0 aliphatic rings. The molecule has 0 spiro atoms. The third-order valence-electron chi connectivity index (χ3n) is 4.60. The number of hydrogen-bond donors (Lipinski definition) is 1. The first-order chi connectivity index (χ1) is 12.2. The Labute approximate surface area is 157 Å². The van der Waals surface area contributed by atoms with Gasteiger partial charge in [-0.2, -0.15) is 0 Å². The molecular formula is C23H31NO2. The van der Waals surface area contributed by atoms with E-state index in [-0.39, 0.29) is 17.4 Å². The molecule has 0 aromatic heterocycles. The van der Waals surface area contributed by atoms with E-state index in [0.29, 0.717) is 6.42 Å². The first-order valence-electron chi connectivity index (χ1n) is 9.35. The quantitative estimate of drug-likeness (QED) is 0.762. The van der Waals surface area contributed by atoms with Crippen LogP contribution in [0.3, 0.4) is 0 Å². The van der Waals surface area contributed by atoms with Gasteiger partial charge in [-0.05, 0) is 48.9 Å². The van der Waals surface area contributed by atoms with Crippen molar-refractivity contribution in [3.8, 4) is 5.75 Å². The molecule has 0 fully saturated rings. The SMILES string of the molecule is CC[C@@H](Oc1ccc(C(C)(C)C)cc1)C(=O)N[C@H](C)c1ccc(C)cc1. The van der Waals surface area contributed by atoms with E-state index < -0.39 is 6.10 Å². The van der Waals surface area contributed by atoms with Gasteiger partial charge in [-0.1, -0.05) is 69.7 Å². The molecule has 2 atom stereocenters. The Morgan fingerprint density at radius 3 is 2.12 bits per heavy atom. The maximum absolute atomic E-state index is 12.6. The molecule has 0 bridgehead atoms. The number of nitrogens with one attached hydrogen (secondary N) is 1. The zero-order valence-corrected chi connectivity index (χ0v) is 16.8. The van der Waals surface area contributed by atoms with E-state index >= 15 is 0 Å². The second-order valence-corrected chi connectivity index (χ2v) is 7.93. The van der Waals surface area contributed by atoms with E-state index in [1.807, 2.05) is 38.1 Å². The van der Waals surface area contributed by atoms with Crippen molar-refractivity contribution in [3.63, 3.8) is 0 Å². The molecule has 3 nitrogen and oxygen atoms in total. The van der Waals surface area contributed by atoms with Gasteiger partial charge in [0.1, 0.15) is 5.75 Å². The van der Waals surface area contributed by atoms with Crippen molar-refractivity contribution in [3.05, 3.63) is 65.2 Å². The molecule has 140 valence electrons. The molecule has 0 saturated heterocycles. The zero-order chi connectivity index (χ0) is 19.3. The molecule has 0 heterocycles. The standard InChI is InChI=1S/C23H31NO2/c1-7-21(26-20-14-12-19(13-15-20)23(4,5)6)22(25)24-17(3)18-10-8-16(2)9-11-18/h8-15,17,21H,7H2,1-6H3,(H,24,25)/t17-,21-/m1/s1. The monoisotopic (exact) mass is 353 g/mol. The van der Waals surface area contributed by atoms with Crippen LogP contribution in [-0.4, -0.2) is 12.0 Å². The van der Waals surface area contributed by atoms with Gasteiger partial charge in [-0.3, -0.25) is 4.79 Å². The number of carbonyl (C=O) groups excluding carboxylic acids is 1. The molecule has 2 aromatic carbocycles. The summed E-state index contributed by atoms with van der Waals surface area (Å²) in [6.07, 6.45) is 0.122. The molecule has 0 saturated carbocycles. The molecule has 3 heteroatoms. The minimum atomic E-state index is -0.497. The molecular weight excluding hydrogens is 322 g/mol. The van der Waals surface area contributed by atoms with Crippen molar-refractivity contribution >= 4 is 5.91 Å². The lowest BCUT2D eigenvalue weighted by Gasteiger charge is -2.22. The maximum atomic E-state index is 12.6. The number of amides is 1. The Morgan fingerprint density at radius 2 is 1.62 bits per heavy atom. The van der Waals surface area contributed by atoms with E-state index in [0.717, 1.165) is 11.3 Å². The van der Waals surface area contributed by atoms with Gasteiger partial charge in [0, 0.05) is 0 Å². The van der Waals surface area contributed by atoms with Crippen molar-refractivity contribution in [1.82, 2.24) is 5.32 Å². The average molecular weight is 354 g/mol. The molecule has 1 N–H and O–H groups in total. The summed E-state index contributed by atoms with van der Waals surface area (Å²) in [5.41, 5.74) is 3.65. The van der Waals surface area contributed by atoms with Crippen molar-refractivity contribution in [2.24, 2.45) is 0 Å². The van der Waals surface area contributed by atoms with Gasteiger partial charge >= 0.3 is 0 Å². The summed E-state index contributed by atoms with van der Waals surface area (Å²) in [5.74, 6) is 0.642. The van der Waals surface area contributed by atoms with Gasteiger partial charge in [0.15, 0.2) is 6.10 Å². The normalized spacial score (nSPS) is 13.8. The van der Waals surface area contributed by atoms with Crippen LogP contribution in [0.25, 0.3) is 0 Å². The summed E-state index contributed by atoms with van der Waals surface area (Å²) in [4.78, 5) is 12.6. The third-order valence-corrected chi connectivity index (χ3v) is 4.60. The van der Waals surface area contributed by atoms with Crippen LogP contribution in [0.1, 0.15) is 63.8 Å². The number of benzene rings is 2. The molecule has 0 radical (unpaired) electrons. The largest absolute Gasteiger partial charge is 0.481 e. The number of aryl methyl sites for hydroxylation is 1. The first-order valence-corrected chi connectivity index (χ1v) is 9.35. The molecule has 0 unspecified atom stereocenters. The minimum absolute atomic E-state index is 0.0518. The fraction of sp³-hybridized carbons (Fsp3) is 0.435. The van der Waals surface area contributed by atoms with E-state index in [1.54, 1.807) is 0 Å². The molecule has 26 heavy (non-hydrogen) atoms. The van der Waals surface area contributed by atoms with Crippen LogP contribution in [0.2, 0.25) is 0 Å². The fourth-order valence-corrected chi connectivity index (χ4v) is 2.76. The Balaban J connectivity index is 2.00. The van der Waals surface area contributed by atoms with Gasteiger partial charge < -0.3 is 10.1 Å². The van der Waals surface area contributed by atoms with Crippen LogP contribution in [0, 0.1) is 6.92 Å². The second-order valence-electron chi connectivity index (χ2n) is 7.93. The van der Waals surface area contributed by atoms with E-state index in [2.05, 4.69) is 57.3 Å². The predicted octanol–water partition coefficient (Wildman–Crippen LogP) is 5.33. The van der Waals surface area contributed by atoms with Crippen LogP contribution >= 0.6 is 0 Å². The summed E-state index contributed by atoms with van der Waals surface area (Å²) in [5, 5.41) is 3.06. The Kier molecular flexibility index (Phi) is 6.47. The highest BCUT2D eigenvalue weighted by atomic mass is 16.5. The highest BCUT2D eigenvalue weighted by Crippen LogP contribution is 2.25. The zero-order valence-electron chi connectivity index (χ0n) is 16.8. The van der Waals surface area contributed by atoms with Crippen LogP contribution in [0.4, 0.5) is 0 Å². The molecule has 1 amide bonds. The Morgan fingerprint density at radius 1 is 1.04 bits per heavy atom. The number of hydrogen-bond acceptors (Lipinski definition) is 2. The molecule has 2 rings (SSSR count). The molecule has 2 aromatic rings. The van der Waals surface area contributed by atoms with E-state index in [4.69, 9.17) is 4.74 Å². The lowest BCUT2D eigenvalue weighted by atomic mass is 9.87. The lowest BCUT2D eigenvalue weighted by Crippen LogP contribution is -2.39. The van der Waals surface area contributed by atoms with E-state index in [1.165, 1.54) is 11.1 Å². The average Bonchev–Trinajstić information content (AvgIpc) is 2.59. The second kappa shape index (κ2) is 8.39. The maximum Gasteiger partial charge on any atom is 0.261 e. The van der Waals surface area contributed by atoms with Crippen LogP contribution in [0.5, 0.6) is 5.75 Å². The summed E-state index contributed by atoms with van der Waals surface area (Å²) in [7, 11) is 0. The minimum Gasteiger partial charge on any atom is -0.481 e. The van der Waals surface area contributed by atoms with Crippen LogP contribution < -0.4 is 10.1 Å². The van der Waals surface area contributed by atoms with Crippen LogP contribution in [0.15, 0.2) is 48.5 Å². The van der Waals surface area contributed by atoms with Gasteiger partial charge in [0.05, 0.1) is 6.04 Å². The predicted molar refractivity (Wildman–Crippen MR) is 108 cm³/mol. The van der Waals surface area contributed by atoms with Crippen molar-refractivity contribution in [2.75, 3.05) is 0 Å². The topological polar surface area (TPSA) is 38.3 Å².